The quantitative estimate of drug-likeness (QED) is 0.601. The number of anilines is 1. The van der Waals surface area contributed by atoms with Crippen LogP contribution in [0.5, 0.6) is 0 Å². The monoisotopic (exact) mass is 398 g/mol. The van der Waals surface area contributed by atoms with Crippen LogP contribution in [0.1, 0.15) is 19.4 Å². The summed E-state index contributed by atoms with van der Waals surface area (Å²) in [5.41, 5.74) is 3.71. The van der Waals surface area contributed by atoms with Gasteiger partial charge >= 0.3 is 0 Å². The highest BCUT2D eigenvalue weighted by molar-refractivity contribution is 7.92. The van der Waals surface area contributed by atoms with Crippen LogP contribution in [-0.2, 0) is 16.6 Å². The van der Waals surface area contributed by atoms with Crippen LogP contribution in [0.2, 0.25) is 0 Å². The third kappa shape index (κ3) is 5.18. The van der Waals surface area contributed by atoms with Crippen molar-refractivity contribution in [2.24, 2.45) is 0 Å². The molecule has 3 aromatic rings. The van der Waals surface area contributed by atoms with Gasteiger partial charge in [0.25, 0.3) is 10.0 Å². The molecule has 0 bridgehead atoms. The molecule has 0 aliphatic rings. The first-order valence-corrected chi connectivity index (χ1v) is 10.5. The van der Waals surface area contributed by atoms with Gasteiger partial charge in [-0.2, -0.15) is 0 Å². The van der Waals surface area contributed by atoms with E-state index in [0.29, 0.717) is 11.7 Å². The molecule has 4 nitrogen and oxygen atoms in total. The van der Waals surface area contributed by atoms with Crippen LogP contribution in [0.15, 0.2) is 77.7 Å². The standard InChI is InChI=1S/C22H23FN2O2S/c1-16(2)24-15-17-3-5-18(6-4-17)19-7-11-21(12-8-19)25-28(26,27)22-13-9-20(23)10-14-22/h3-14,16,24-25H,15H2,1-2H3. The van der Waals surface area contributed by atoms with Gasteiger partial charge in [0.05, 0.1) is 4.90 Å². The van der Waals surface area contributed by atoms with Crippen molar-refractivity contribution >= 4 is 15.7 Å². The van der Waals surface area contributed by atoms with Gasteiger partial charge in [0.15, 0.2) is 0 Å². The van der Waals surface area contributed by atoms with Gasteiger partial charge in [-0.05, 0) is 53.1 Å². The molecule has 0 heterocycles. The van der Waals surface area contributed by atoms with Crippen molar-refractivity contribution in [1.29, 1.82) is 0 Å². The van der Waals surface area contributed by atoms with Crippen LogP contribution in [0, 0.1) is 5.82 Å². The van der Waals surface area contributed by atoms with Crippen LogP contribution >= 0.6 is 0 Å². The van der Waals surface area contributed by atoms with Gasteiger partial charge in [0.1, 0.15) is 5.82 Å². The first kappa shape index (κ1) is 20.0. The van der Waals surface area contributed by atoms with E-state index < -0.39 is 15.8 Å². The summed E-state index contributed by atoms with van der Waals surface area (Å²) in [4.78, 5) is 0.0172. The molecule has 0 saturated heterocycles. The molecule has 0 fully saturated rings. The second-order valence-electron chi connectivity index (χ2n) is 6.87. The van der Waals surface area contributed by atoms with Gasteiger partial charge in [-0.25, -0.2) is 12.8 Å². The molecule has 0 radical (unpaired) electrons. The van der Waals surface area contributed by atoms with Crippen molar-refractivity contribution in [1.82, 2.24) is 5.32 Å². The molecule has 146 valence electrons. The van der Waals surface area contributed by atoms with Crippen molar-refractivity contribution in [2.75, 3.05) is 4.72 Å². The Hall–Kier alpha value is -2.70. The van der Waals surface area contributed by atoms with Crippen LogP contribution < -0.4 is 10.0 Å². The summed E-state index contributed by atoms with van der Waals surface area (Å²) in [6.07, 6.45) is 0. The number of hydrogen-bond acceptors (Lipinski definition) is 3. The van der Waals surface area contributed by atoms with Crippen LogP contribution in [0.4, 0.5) is 10.1 Å². The average Bonchev–Trinajstić information content (AvgIpc) is 2.67. The number of nitrogens with one attached hydrogen (secondary N) is 2. The number of rotatable bonds is 7. The zero-order valence-corrected chi connectivity index (χ0v) is 16.6. The largest absolute Gasteiger partial charge is 0.310 e. The topological polar surface area (TPSA) is 58.2 Å². The molecule has 0 saturated carbocycles. The second kappa shape index (κ2) is 8.54. The lowest BCUT2D eigenvalue weighted by atomic mass is 10.0. The highest BCUT2D eigenvalue weighted by Gasteiger charge is 2.14. The Morgan fingerprint density at radius 1 is 0.821 bits per heavy atom. The molecule has 0 aliphatic heterocycles. The van der Waals surface area contributed by atoms with E-state index in [0.717, 1.165) is 29.8 Å². The zero-order valence-electron chi connectivity index (χ0n) is 15.8. The number of sulfonamides is 1. The highest BCUT2D eigenvalue weighted by Crippen LogP contribution is 2.23. The molecule has 0 spiro atoms. The summed E-state index contributed by atoms with van der Waals surface area (Å²) >= 11 is 0. The van der Waals surface area contributed by atoms with Crippen molar-refractivity contribution in [2.45, 2.75) is 31.3 Å². The van der Waals surface area contributed by atoms with E-state index in [2.05, 4.69) is 48.2 Å². The minimum absolute atomic E-state index is 0.0172. The predicted molar refractivity (Wildman–Crippen MR) is 111 cm³/mol. The van der Waals surface area contributed by atoms with E-state index in [-0.39, 0.29) is 4.90 Å². The van der Waals surface area contributed by atoms with Crippen molar-refractivity contribution < 1.29 is 12.8 Å². The lowest BCUT2D eigenvalue weighted by Crippen LogP contribution is -2.21. The zero-order chi connectivity index (χ0) is 20.1. The average molecular weight is 399 g/mol. The van der Waals surface area contributed by atoms with Gasteiger partial charge in [-0.1, -0.05) is 50.2 Å². The molecule has 0 aromatic heterocycles. The minimum Gasteiger partial charge on any atom is -0.310 e. The van der Waals surface area contributed by atoms with E-state index in [1.807, 2.05) is 12.1 Å². The lowest BCUT2D eigenvalue weighted by Gasteiger charge is -2.10. The molecule has 0 aliphatic carbocycles. The van der Waals surface area contributed by atoms with Gasteiger partial charge < -0.3 is 5.32 Å². The smallest absolute Gasteiger partial charge is 0.261 e. The van der Waals surface area contributed by atoms with E-state index in [1.165, 1.54) is 17.7 Å². The summed E-state index contributed by atoms with van der Waals surface area (Å²) < 4.78 is 40.3. The molecular formula is C22H23FN2O2S. The van der Waals surface area contributed by atoms with Gasteiger partial charge in [0, 0.05) is 18.3 Å². The van der Waals surface area contributed by atoms with Gasteiger partial charge in [-0.3, -0.25) is 4.72 Å². The van der Waals surface area contributed by atoms with Crippen LogP contribution in [-0.4, -0.2) is 14.5 Å². The van der Waals surface area contributed by atoms with Crippen molar-refractivity contribution in [3.63, 3.8) is 0 Å². The Morgan fingerprint density at radius 3 is 1.89 bits per heavy atom. The Balaban J connectivity index is 1.70. The van der Waals surface area contributed by atoms with E-state index in [9.17, 15) is 12.8 Å². The van der Waals surface area contributed by atoms with E-state index >= 15 is 0 Å². The predicted octanol–water partition coefficient (Wildman–Crippen LogP) is 4.79. The third-order valence-corrected chi connectivity index (χ3v) is 5.66. The Bertz CT molecular complexity index is 1010. The fraction of sp³-hybridized carbons (Fsp3) is 0.182. The van der Waals surface area contributed by atoms with Gasteiger partial charge in [-0.15, -0.1) is 0 Å². The molecular weight excluding hydrogens is 375 g/mol. The Labute approximate surface area is 165 Å². The maximum Gasteiger partial charge on any atom is 0.261 e. The molecule has 0 unspecified atom stereocenters. The highest BCUT2D eigenvalue weighted by atomic mass is 32.2. The summed E-state index contributed by atoms with van der Waals surface area (Å²) in [5, 5.41) is 3.38. The number of benzene rings is 3. The van der Waals surface area contributed by atoms with Crippen LogP contribution in [0.3, 0.4) is 0 Å². The number of hydrogen-bond donors (Lipinski definition) is 2. The molecule has 0 atom stereocenters. The first-order chi connectivity index (χ1) is 13.3. The fourth-order valence-electron chi connectivity index (χ4n) is 2.70. The summed E-state index contributed by atoms with van der Waals surface area (Å²) in [5.74, 6) is -0.477. The van der Waals surface area contributed by atoms with Crippen LogP contribution in [0.25, 0.3) is 11.1 Å². The van der Waals surface area contributed by atoms with E-state index in [4.69, 9.17) is 0 Å². The van der Waals surface area contributed by atoms with Crippen molar-refractivity contribution in [3.8, 4) is 11.1 Å². The summed E-state index contributed by atoms with van der Waals surface area (Å²) in [6, 6.07) is 20.6. The minimum atomic E-state index is -3.75. The summed E-state index contributed by atoms with van der Waals surface area (Å²) in [7, 11) is -3.75. The number of halogens is 1. The normalized spacial score (nSPS) is 11.6. The SMILES string of the molecule is CC(C)NCc1ccc(-c2ccc(NS(=O)(=O)c3ccc(F)cc3)cc2)cc1. The lowest BCUT2D eigenvalue weighted by molar-refractivity contribution is 0.589. The molecule has 0 amide bonds. The second-order valence-corrected chi connectivity index (χ2v) is 8.55. The fourth-order valence-corrected chi connectivity index (χ4v) is 3.75. The maximum atomic E-state index is 13.0. The van der Waals surface area contributed by atoms with E-state index in [1.54, 1.807) is 12.1 Å². The molecule has 6 heteroatoms. The molecule has 28 heavy (non-hydrogen) atoms. The summed E-state index contributed by atoms with van der Waals surface area (Å²) in [6.45, 7) is 5.04. The Kier molecular flexibility index (Phi) is 6.11. The molecule has 3 rings (SSSR count). The first-order valence-electron chi connectivity index (χ1n) is 9.05. The third-order valence-electron chi connectivity index (χ3n) is 4.26. The molecule has 3 aromatic carbocycles. The van der Waals surface area contributed by atoms with Gasteiger partial charge in [0.2, 0.25) is 0 Å². The molecule has 2 N–H and O–H groups in total. The van der Waals surface area contributed by atoms with Crippen molar-refractivity contribution in [3.05, 3.63) is 84.2 Å². The maximum absolute atomic E-state index is 13.0. The Morgan fingerprint density at radius 2 is 1.36 bits per heavy atom.